The molecule has 128 valence electrons. The highest BCUT2D eigenvalue weighted by molar-refractivity contribution is 5.89. The summed E-state index contributed by atoms with van der Waals surface area (Å²) >= 11 is 0. The smallest absolute Gasteiger partial charge is 0.312 e. The van der Waals surface area contributed by atoms with Gasteiger partial charge in [0.25, 0.3) is 0 Å². The van der Waals surface area contributed by atoms with Crippen LogP contribution in [0, 0.1) is 5.92 Å². The van der Waals surface area contributed by atoms with Crippen LogP contribution in [0.4, 0.5) is 4.79 Å². The number of nitrogens with two attached hydrogens (primary N) is 1. The standard InChI is InChI=1S/C15H30N4O3/c1-5-8-17-13(10(2)3)14(21)19-12(11(4)20)7-6-9-18-15(16)22/h10,12-13,17H,5-9H2,1-4H3,(H,19,21)(H3,16,18,22)/t12-,13-/m0/s1. The molecule has 0 rings (SSSR count). The van der Waals surface area contributed by atoms with E-state index in [9.17, 15) is 14.4 Å². The Morgan fingerprint density at radius 1 is 1.14 bits per heavy atom. The van der Waals surface area contributed by atoms with Gasteiger partial charge in [-0.15, -0.1) is 0 Å². The zero-order valence-electron chi connectivity index (χ0n) is 14.1. The van der Waals surface area contributed by atoms with Crippen molar-refractivity contribution in [1.82, 2.24) is 16.0 Å². The first-order valence-electron chi connectivity index (χ1n) is 7.87. The summed E-state index contributed by atoms with van der Waals surface area (Å²) in [4.78, 5) is 34.6. The molecule has 22 heavy (non-hydrogen) atoms. The summed E-state index contributed by atoms with van der Waals surface area (Å²) < 4.78 is 0. The topological polar surface area (TPSA) is 113 Å². The highest BCUT2D eigenvalue weighted by atomic mass is 16.2. The Bertz CT molecular complexity index is 372. The number of rotatable bonds is 11. The van der Waals surface area contributed by atoms with Crippen LogP contribution in [-0.4, -0.2) is 42.9 Å². The maximum absolute atomic E-state index is 12.3. The number of Topliss-reactive ketones (excluding diaryl/α,β-unsaturated/α-hetero) is 1. The van der Waals surface area contributed by atoms with E-state index in [1.54, 1.807) is 0 Å². The van der Waals surface area contributed by atoms with Crippen LogP contribution in [0.15, 0.2) is 0 Å². The molecule has 3 amide bonds. The Morgan fingerprint density at radius 2 is 1.77 bits per heavy atom. The minimum Gasteiger partial charge on any atom is -0.352 e. The highest BCUT2D eigenvalue weighted by Crippen LogP contribution is 2.05. The largest absolute Gasteiger partial charge is 0.352 e. The normalized spacial score (nSPS) is 13.5. The summed E-state index contributed by atoms with van der Waals surface area (Å²) in [5.41, 5.74) is 4.97. The van der Waals surface area contributed by atoms with Gasteiger partial charge < -0.3 is 21.7 Å². The minimum atomic E-state index is -0.591. The van der Waals surface area contributed by atoms with E-state index < -0.39 is 12.1 Å². The maximum atomic E-state index is 12.3. The predicted molar refractivity (Wildman–Crippen MR) is 86.4 cm³/mol. The molecule has 0 saturated carbocycles. The molecule has 0 radical (unpaired) electrons. The van der Waals surface area contributed by atoms with Crippen molar-refractivity contribution < 1.29 is 14.4 Å². The first kappa shape index (κ1) is 20.4. The summed E-state index contributed by atoms with van der Waals surface area (Å²) in [6.07, 6.45) is 1.98. The molecule has 0 aliphatic rings. The van der Waals surface area contributed by atoms with E-state index in [0.717, 1.165) is 13.0 Å². The Balaban J connectivity index is 4.48. The molecule has 0 aliphatic heterocycles. The average molecular weight is 314 g/mol. The number of primary amides is 1. The lowest BCUT2D eigenvalue weighted by Crippen LogP contribution is -2.52. The Labute approximate surface area is 132 Å². The number of urea groups is 1. The fourth-order valence-corrected chi connectivity index (χ4v) is 2.09. The minimum absolute atomic E-state index is 0.0922. The van der Waals surface area contributed by atoms with Gasteiger partial charge in [0.05, 0.1) is 12.1 Å². The highest BCUT2D eigenvalue weighted by Gasteiger charge is 2.25. The third kappa shape index (κ3) is 8.61. The third-order valence-corrected chi connectivity index (χ3v) is 3.34. The molecule has 0 spiro atoms. The van der Waals surface area contributed by atoms with Gasteiger partial charge in [0.2, 0.25) is 5.91 Å². The van der Waals surface area contributed by atoms with Gasteiger partial charge in [-0.1, -0.05) is 20.8 Å². The Kier molecular flexibility index (Phi) is 10.2. The SMILES string of the molecule is CCCN[C@H](C(=O)N[C@@H](CCCNC(N)=O)C(C)=O)C(C)C. The van der Waals surface area contributed by atoms with Crippen LogP contribution >= 0.6 is 0 Å². The van der Waals surface area contributed by atoms with Crippen LogP contribution in [0.2, 0.25) is 0 Å². The van der Waals surface area contributed by atoms with Gasteiger partial charge in [-0.2, -0.15) is 0 Å². The van der Waals surface area contributed by atoms with Gasteiger partial charge in [0, 0.05) is 6.54 Å². The Morgan fingerprint density at radius 3 is 2.23 bits per heavy atom. The van der Waals surface area contributed by atoms with E-state index in [1.807, 2.05) is 20.8 Å². The number of nitrogens with one attached hydrogen (secondary N) is 3. The average Bonchev–Trinajstić information content (AvgIpc) is 2.41. The third-order valence-electron chi connectivity index (χ3n) is 3.34. The van der Waals surface area contributed by atoms with E-state index in [2.05, 4.69) is 16.0 Å². The van der Waals surface area contributed by atoms with Crippen molar-refractivity contribution in [2.75, 3.05) is 13.1 Å². The van der Waals surface area contributed by atoms with Crippen LogP contribution < -0.4 is 21.7 Å². The molecule has 7 heteroatoms. The van der Waals surface area contributed by atoms with Gasteiger partial charge in [-0.25, -0.2) is 4.79 Å². The molecule has 0 aromatic carbocycles. The van der Waals surface area contributed by atoms with Crippen molar-refractivity contribution >= 4 is 17.7 Å². The molecule has 2 atom stereocenters. The first-order valence-corrected chi connectivity index (χ1v) is 7.87. The van der Waals surface area contributed by atoms with E-state index >= 15 is 0 Å². The van der Waals surface area contributed by atoms with Gasteiger partial charge in [0.15, 0.2) is 5.78 Å². The van der Waals surface area contributed by atoms with Gasteiger partial charge >= 0.3 is 6.03 Å². The van der Waals surface area contributed by atoms with E-state index in [4.69, 9.17) is 5.73 Å². The summed E-state index contributed by atoms with van der Waals surface area (Å²) in [5.74, 6) is -0.118. The second-order valence-electron chi connectivity index (χ2n) is 5.78. The zero-order valence-corrected chi connectivity index (χ0v) is 14.1. The van der Waals surface area contributed by atoms with Crippen LogP contribution in [0.5, 0.6) is 0 Å². The van der Waals surface area contributed by atoms with Crippen molar-refractivity contribution in [3.8, 4) is 0 Å². The first-order chi connectivity index (χ1) is 10.3. The number of carbonyl (C=O) groups excluding carboxylic acids is 3. The summed E-state index contributed by atoms with van der Waals surface area (Å²) in [6.45, 7) is 8.56. The quantitative estimate of drug-likeness (QED) is 0.417. The summed E-state index contributed by atoms with van der Waals surface area (Å²) in [5, 5.41) is 8.46. The van der Waals surface area contributed by atoms with Gasteiger partial charge in [0.1, 0.15) is 0 Å². The second kappa shape index (κ2) is 11.0. The van der Waals surface area contributed by atoms with Crippen molar-refractivity contribution in [2.45, 2.75) is 59.0 Å². The Hall–Kier alpha value is -1.63. The molecule has 0 aliphatic carbocycles. The second-order valence-corrected chi connectivity index (χ2v) is 5.78. The van der Waals surface area contributed by atoms with E-state index in [0.29, 0.717) is 19.4 Å². The molecular formula is C15H30N4O3. The molecule has 0 aromatic rings. The van der Waals surface area contributed by atoms with Gasteiger partial charge in [-0.05, 0) is 38.6 Å². The molecule has 7 nitrogen and oxygen atoms in total. The molecule has 0 saturated heterocycles. The number of hydrogen-bond donors (Lipinski definition) is 4. The lowest BCUT2D eigenvalue weighted by molar-refractivity contribution is -0.129. The van der Waals surface area contributed by atoms with E-state index in [1.165, 1.54) is 6.92 Å². The van der Waals surface area contributed by atoms with Crippen LogP contribution in [0.25, 0.3) is 0 Å². The fraction of sp³-hybridized carbons (Fsp3) is 0.800. The fourth-order valence-electron chi connectivity index (χ4n) is 2.09. The summed E-state index contributed by atoms with van der Waals surface area (Å²) in [6, 6.07) is -1.44. The van der Waals surface area contributed by atoms with Crippen molar-refractivity contribution in [1.29, 1.82) is 0 Å². The molecule has 0 fully saturated rings. The lowest BCUT2D eigenvalue weighted by atomic mass is 10.0. The van der Waals surface area contributed by atoms with Crippen molar-refractivity contribution in [3.05, 3.63) is 0 Å². The number of carbonyl (C=O) groups is 3. The van der Waals surface area contributed by atoms with Gasteiger partial charge in [-0.3, -0.25) is 9.59 Å². The zero-order chi connectivity index (χ0) is 17.1. The summed E-state index contributed by atoms with van der Waals surface area (Å²) in [7, 11) is 0. The van der Waals surface area contributed by atoms with Crippen molar-refractivity contribution in [3.63, 3.8) is 0 Å². The molecule has 0 aromatic heterocycles. The van der Waals surface area contributed by atoms with E-state index in [-0.39, 0.29) is 23.7 Å². The number of hydrogen-bond acceptors (Lipinski definition) is 4. The molecule has 0 heterocycles. The van der Waals surface area contributed by atoms with Crippen LogP contribution in [0.3, 0.4) is 0 Å². The monoisotopic (exact) mass is 314 g/mol. The lowest BCUT2D eigenvalue weighted by Gasteiger charge is -2.24. The van der Waals surface area contributed by atoms with Crippen LogP contribution in [-0.2, 0) is 9.59 Å². The van der Waals surface area contributed by atoms with Crippen molar-refractivity contribution in [2.24, 2.45) is 11.7 Å². The molecular weight excluding hydrogens is 284 g/mol. The number of amides is 3. The molecule has 0 unspecified atom stereocenters. The maximum Gasteiger partial charge on any atom is 0.312 e. The number of ketones is 1. The molecule has 5 N–H and O–H groups in total. The van der Waals surface area contributed by atoms with Crippen LogP contribution in [0.1, 0.15) is 47.0 Å². The predicted octanol–water partition coefficient (Wildman–Crippen LogP) is 0.533. The molecule has 0 bridgehead atoms.